The van der Waals surface area contributed by atoms with Gasteiger partial charge in [0, 0.05) is 24.9 Å². The monoisotopic (exact) mass is 287 g/mol. The van der Waals surface area contributed by atoms with Crippen LogP contribution < -0.4 is 4.74 Å². The minimum absolute atomic E-state index is 0.0325. The zero-order valence-electron chi connectivity index (χ0n) is 12.4. The van der Waals surface area contributed by atoms with E-state index in [-0.39, 0.29) is 17.9 Å². The molecule has 0 aromatic carbocycles. The largest absolute Gasteiger partial charge is 0.471 e. The molecule has 112 valence electrons. The van der Waals surface area contributed by atoms with Crippen LogP contribution in [0.15, 0.2) is 24.3 Å². The minimum Gasteiger partial charge on any atom is -0.471 e. The first-order chi connectivity index (χ1) is 10.2. The number of amides is 1. The molecule has 1 fully saturated rings. The topological polar surface area (TPSA) is 55.3 Å². The highest BCUT2D eigenvalue weighted by Crippen LogP contribution is 2.24. The molecule has 0 bridgehead atoms. The predicted molar refractivity (Wildman–Crippen MR) is 78.9 cm³/mol. The van der Waals surface area contributed by atoms with Gasteiger partial charge in [0.05, 0.1) is 12.2 Å². The van der Waals surface area contributed by atoms with Gasteiger partial charge in [-0.25, -0.2) is 0 Å². The summed E-state index contributed by atoms with van der Waals surface area (Å²) in [6.07, 6.45) is 8.05. The molecule has 21 heavy (non-hydrogen) atoms. The number of aryl methyl sites for hydroxylation is 1. The summed E-state index contributed by atoms with van der Waals surface area (Å²) in [6, 6.07) is 3.72. The van der Waals surface area contributed by atoms with E-state index in [9.17, 15) is 4.79 Å². The summed E-state index contributed by atoms with van der Waals surface area (Å²) in [5.74, 6) is 0.980. The molecule has 0 radical (unpaired) electrons. The van der Waals surface area contributed by atoms with Gasteiger partial charge in [-0.05, 0) is 32.3 Å². The van der Waals surface area contributed by atoms with Gasteiger partial charge in [-0.15, -0.1) is 5.10 Å². The van der Waals surface area contributed by atoms with Crippen LogP contribution in [0.1, 0.15) is 31.4 Å². The highest BCUT2D eigenvalue weighted by Gasteiger charge is 2.31. The second-order valence-corrected chi connectivity index (χ2v) is 5.81. The summed E-state index contributed by atoms with van der Waals surface area (Å²) in [5.41, 5.74) is 0.871. The zero-order chi connectivity index (χ0) is 14.7. The highest BCUT2D eigenvalue weighted by atomic mass is 16.5. The van der Waals surface area contributed by atoms with Crippen LogP contribution in [-0.2, 0) is 4.79 Å². The second-order valence-electron chi connectivity index (χ2n) is 5.81. The number of ether oxygens (including phenoxy) is 1. The third-order valence-electron chi connectivity index (χ3n) is 4.14. The van der Waals surface area contributed by atoms with Crippen LogP contribution in [-0.4, -0.2) is 40.2 Å². The van der Waals surface area contributed by atoms with Crippen molar-refractivity contribution in [3.8, 4) is 5.88 Å². The van der Waals surface area contributed by atoms with E-state index in [4.69, 9.17) is 4.74 Å². The van der Waals surface area contributed by atoms with Gasteiger partial charge in [0.15, 0.2) is 0 Å². The quantitative estimate of drug-likeness (QED) is 0.799. The van der Waals surface area contributed by atoms with Crippen LogP contribution in [0.5, 0.6) is 5.88 Å². The fourth-order valence-electron chi connectivity index (χ4n) is 2.92. The number of aromatic nitrogens is 2. The van der Waals surface area contributed by atoms with Gasteiger partial charge in [0.2, 0.25) is 11.8 Å². The number of likely N-dealkylation sites (tertiary alicyclic amines) is 1. The zero-order valence-corrected chi connectivity index (χ0v) is 12.4. The van der Waals surface area contributed by atoms with Crippen molar-refractivity contribution in [3.05, 3.63) is 30.0 Å². The maximum atomic E-state index is 12.5. The molecule has 2 aliphatic rings. The molecular weight excluding hydrogens is 266 g/mol. The average Bonchev–Trinajstić information content (AvgIpc) is 2.98. The Morgan fingerprint density at radius 3 is 2.90 bits per heavy atom. The molecule has 0 N–H and O–H groups in total. The molecule has 2 heterocycles. The lowest BCUT2D eigenvalue weighted by atomic mass is 9.93. The third-order valence-corrected chi connectivity index (χ3v) is 4.14. The van der Waals surface area contributed by atoms with Gasteiger partial charge < -0.3 is 9.64 Å². The number of hydrogen-bond donors (Lipinski definition) is 0. The second kappa shape index (κ2) is 6.24. The number of carbonyl (C=O) groups excluding carboxylic acids is 1. The summed E-state index contributed by atoms with van der Waals surface area (Å²) < 4.78 is 5.82. The van der Waals surface area contributed by atoms with Crippen LogP contribution >= 0.6 is 0 Å². The van der Waals surface area contributed by atoms with Gasteiger partial charge in [0.25, 0.3) is 0 Å². The van der Waals surface area contributed by atoms with Crippen molar-refractivity contribution in [2.45, 2.75) is 38.7 Å². The Hall–Kier alpha value is -1.91. The average molecular weight is 287 g/mol. The van der Waals surface area contributed by atoms with Crippen LogP contribution in [0.25, 0.3) is 0 Å². The van der Waals surface area contributed by atoms with E-state index >= 15 is 0 Å². The lowest BCUT2D eigenvalue weighted by molar-refractivity contribution is -0.135. The van der Waals surface area contributed by atoms with E-state index in [1.165, 1.54) is 0 Å². The molecule has 2 atom stereocenters. The lowest BCUT2D eigenvalue weighted by Gasteiger charge is -2.24. The summed E-state index contributed by atoms with van der Waals surface area (Å²) in [5, 5.41) is 8.00. The van der Waals surface area contributed by atoms with Crippen molar-refractivity contribution in [1.29, 1.82) is 0 Å². The molecule has 0 saturated carbocycles. The minimum atomic E-state index is 0.0325. The van der Waals surface area contributed by atoms with Gasteiger partial charge in [0.1, 0.15) is 6.10 Å². The third kappa shape index (κ3) is 3.40. The number of carbonyl (C=O) groups is 1. The maximum absolute atomic E-state index is 12.5. The first kappa shape index (κ1) is 14.0. The molecule has 5 nitrogen and oxygen atoms in total. The number of hydrogen-bond acceptors (Lipinski definition) is 4. The van der Waals surface area contributed by atoms with E-state index in [1.807, 2.05) is 24.0 Å². The molecule has 1 aliphatic heterocycles. The number of rotatable bonds is 3. The van der Waals surface area contributed by atoms with Crippen molar-refractivity contribution in [2.24, 2.45) is 5.92 Å². The van der Waals surface area contributed by atoms with Crippen molar-refractivity contribution in [3.63, 3.8) is 0 Å². The number of nitrogens with zero attached hydrogens (tertiary/aromatic N) is 3. The molecule has 5 heteroatoms. The van der Waals surface area contributed by atoms with Crippen LogP contribution in [0.2, 0.25) is 0 Å². The molecule has 0 unspecified atom stereocenters. The summed E-state index contributed by atoms with van der Waals surface area (Å²) >= 11 is 0. The lowest BCUT2D eigenvalue weighted by Crippen LogP contribution is -2.36. The van der Waals surface area contributed by atoms with Gasteiger partial charge in [-0.2, -0.15) is 5.10 Å². The fourth-order valence-corrected chi connectivity index (χ4v) is 2.92. The number of allylic oxidation sites excluding steroid dienone is 2. The normalized spacial score (nSPS) is 25.1. The van der Waals surface area contributed by atoms with E-state index in [0.717, 1.165) is 37.9 Å². The summed E-state index contributed by atoms with van der Waals surface area (Å²) in [4.78, 5) is 14.4. The van der Waals surface area contributed by atoms with E-state index in [1.54, 1.807) is 0 Å². The van der Waals surface area contributed by atoms with Crippen molar-refractivity contribution in [1.82, 2.24) is 15.1 Å². The maximum Gasteiger partial charge on any atom is 0.233 e. The molecule has 1 aliphatic carbocycles. The van der Waals surface area contributed by atoms with Crippen LogP contribution in [0.4, 0.5) is 0 Å². The Labute approximate surface area is 125 Å². The SMILES string of the molecule is Cc1ccc(O[C@H]2CCN(C(=O)[C@@H]3CC=CCC3)C2)nn1. The van der Waals surface area contributed by atoms with Crippen LogP contribution in [0, 0.1) is 12.8 Å². The Kier molecular flexibility index (Phi) is 4.18. The van der Waals surface area contributed by atoms with Crippen LogP contribution in [0.3, 0.4) is 0 Å². The van der Waals surface area contributed by atoms with Gasteiger partial charge in [-0.3, -0.25) is 4.79 Å². The molecule has 1 saturated heterocycles. The van der Waals surface area contributed by atoms with Crippen molar-refractivity contribution >= 4 is 5.91 Å². The Morgan fingerprint density at radius 1 is 1.29 bits per heavy atom. The molecule has 1 aromatic heterocycles. The predicted octanol–water partition coefficient (Wildman–Crippen LogP) is 2.12. The summed E-state index contributed by atoms with van der Waals surface area (Å²) in [6.45, 7) is 3.34. The Bertz CT molecular complexity index is 527. The van der Waals surface area contributed by atoms with Gasteiger partial charge >= 0.3 is 0 Å². The molecular formula is C16H21N3O2. The molecule has 0 spiro atoms. The first-order valence-corrected chi connectivity index (χ1v) is 7.63. The van der Waals surface area contributed by atoms with E-state index in [0.29, 0.717) is 12.4 Å². The Balaban J connectivity index is 1.54. The van der Waals surface area contributed by atoms with E-state index in [2.05, 4.69) is 22.3 Å². The van der Waals surface area contributed by atoms with Crippen molar-refractivity contribution in [2.75, 3.05) is 13.1 Å². The molecule has 3 rings (SSSR count). The smallest absolute Gasteiger partial charge is 0.233 e. The standard InChI is InChI=1S/C16H21N3O2/c1-12-7-8-15(18-17-12)21-14-9-10-19(11-14)16(20)13-5-3-2-4-6-13/h2-3,7-8,13-14H,4-6,9-11H2,1H3/t13-,14+/m1/s1. The Morgan fingerprint density at radius 2 is 2.19 bits per heavy atom. The molecule has 1 aromatic rings. The first-order valence-electron chi connectivity index (χ1n) is 7.63. The van der Waals surface area contributed by atoms with Crippen molar-refractivity contribution < 1.29 is 9.53 Å². The highest BCUT2D eigenvalue weighted by molar-refractivity contribution is 5.79. The summed E-state index contributed by atoms with van der Waals surface area (Å²) in [7, 11) is 0. The fraction of sp³-hybridized carbons (Fsp3) is 0.562. The van der Waals surface area contributed by atoms with Gasteiger partial charge in [-0.1, -0.05) is 12.2 Å². The van der Waals surface area contributed by atoms with E-state index < -0.39 is 0 Å². The molecule has 1 amide bonds.